The highest BCUT2D eigenvalue weighted by molar-refractivity contribution is 5.73. The zero-order valence-electron chi connectivity index (χ0n) is 8.54. The molecule has 0 radical (unpaired) electrons. The molecule has 3 rings (SSSR count). The minimum Gasteiger partial charge on any atom is -0.399 e. The van der Waals surface area contributed by atoms with E-state index >= 15 is 0 Å². The van der Waals surface area contributed by atoms with Gasteiger partial charge >= 0.3 is 0 Å². The first-order valence-electron chi connectivity index (χ1n) is 4.98. The first-order chi connectivity index (χ1) is 7.84. The normalized spacial score (nSPS) is 10.8. The number of aromatic nitrogens is 3. The number of nitrogens with two attached hydrogens (primary N) is 1. The highest BCUT2D eigenvalue weighted by Crippen LogP contribution is 2.17. The topological polar surface area (TPSA) is 56.7 Å². The molecule has 0 aliphatic carbocycles. The van der Waals surface area contributed by atoms with E-state index < -0.39 is 0 Å². The van der Waals surface area contributed by atoms with E-state index in [1.165, 1.54) is 0 Å². The Labute approximate surface area is 92.4 Å². The molecule has 2 heterocycles. The van der Waals surface area contributed by atoms with Gasteiger partial charge in [-0.25, -0.2) is 9.97 Å². The molecule has 1 aromatic carbocycles. The molecule has 16 heavy (non-hydrogen) atoms. The van der Waals surface area contributed by atoms with E-state index in [1.807, 2.05) is 41.0 Å². The van der Waals surface area contributed by atoms with Crippen molar-refractivity contribution in [2.45, 2.75) is 0 Å². The number of nitrogen functional groups attached to an aromatic ring is 1. The van der Waals surface area contributed by atoms with Crippen LogP contribution in [0.15, 0.2) is 48.9 Å². The number of imidazole rings is 1. The Morgan fingerprint density at radius 1 is 1.00 bits per heavy atom. The summed E-state index contributed by atoms with van der Waals surface area (Å²) in [6, 6.07) is 11.6. The van der Waals surface area contributed by atoms with Crippen molar-refractivity contribution < 1.29 is 0 Å². The monoisotopic (exact) mass is 210 g/mol. The van der Waals surface area contributed by atoms with E-state index in [0.717, 1.165) is 22.5 Å². The van der Waals surface area contributed by atoms with Crippen LogP contribution in [0.3, 0.4) is 0 Å². The summed E-state index contributed by atoms with van der Waals surface area (Å²) in [5.41, 5.74) is 9.19. The zero-order chi connectivity index (χ0) is 11.0. The van der Waals surface area contributed by atoms with E-state index in [-0.39, 0.29) is 0 Å². The molecule has 4 nitrogen and oxygen atoms in total. The Hall–Kier alpha value is -2.36. The molecule has 0 aliphatic heterocycles. The Morgan fingerprint density at radius 3 is 2.62 bits per heavy atom. The van der Waals surface area contributed by atoms with Crippen molar-refractivity contribution in [1.82, 2.24) is 14.5 Å². The van der Waals surface area contributed by atoms with Crippen LogP contribution in [0.5, 0.6) is 0 Å². The smallest absolute Gasteiger partial charge is 0.177 e. The second-order valence-electron chi connectivity index (χ2n) is 3.55. The number of benzene rings is 1. The van der Waals surface area contributed by atoms with Gasteiger partial charge in [0.05, 0.1) is 5.52 Å². The Kier molecular flexibility index (Phi) is 1.86. The molecule has 0 aliphatic rings. The van der Waals surface area contributed by atoms with Gasteiger partial charge in [-0.2, -0.15) is 0 Å². The van der Waals surface area contributed by atoms with Gasteiger partial charge in [0.2, 0.25) is 0 Å². The Balaban J connectivity index is 2.22. The highest BCUT2D eigenvalue weighted by Gasteiger charge is 2.03. The molecule has 4 heteroatoms. The molecule has 0 bridgehead atoms. The standard InChI is InChI=1S/C12H10N4/c13-9-3-5-10(6-4-9)16-8-15-12-11(16)2-1-7-14-12/h1-8H,13H2. The van der Waals surface area contributed by atoms with Gasteiger partial charge in [-0.1, -0.05) is 0 Å². The van der Waals surface area contributed by atoms with Crippen LogP contribution in [0.1, 0.15) is 0 Å². The number of hydrogen-bond donors (Lipinski definition) is 1. The van der Waals surface area contributed by atoms with Crippen molar-refractivity contribution in [1.29, 1.82) is 0 Å². The molecule has 0 saturated heterocycles. The molecular weight excluding hydrogens is 200 g/mol. The molecule has 0 atom stereocenters. The number of hydrogen-bond acceptors (Lipinski definition) is 3. The van der Waals surface area contributed by atoms with Gasteiger partial charge in [0.1, 0.15) is 6.33 Å². The molecule has 2 N–H and O–H groups in total. The second-order valence-corrected chi connectivity index (χ2v) is 3.55. The maximum absolute atomic E-state index is 5.66. The summed E-state index contributed by atoms with van der Waals surface area (Å²) in [5.74, 6) is 0. The third kappa shape index (κ3) is 1.32. The lowest BCUT2D eigenvalue weighted by Gasteiger charge is -2.03. The van der Waals surface area contributed by atoms with Crippen LogP contribution in [0.4, 0.5) is 5.69 Å². The largest absolute Gasteiger partial charge is 0.399 e. The van der Waals surface area contributed by atoms with Crippen LogP contribution in [0.2, 0.25) is 0 Å². The van der Waals surface area contributed by atoms with E-state index in [2.05, 4.69) is 9.97 Å². The van der Waals surface area contributed by atoms with Crippen molar-refractivity contribution >= 4 is 16.9 Å². The van der Waals surface area contributed by atoms with Crippen LogP contribution in [-0.4, -0.2) is 14.5 Å². The number of rotatable bonds is 1. The molecule has 0 fully saturated rings. The van der Waals surface area contributed by atoms with Crippen LogP contribution in [0, 0.1) is 0 Å². The summed E-state index contributed by atoms with van der Waals surface area (Å²) in [6.07, 6.45) is 3.51. The first-order valence-corrected chi connectivity index (χ1v) is 4.98. The van der Waals surface area contributed by atoms with Gasteiger partial charge in [-0.15, -0.1) is 0 Å². The summed E-state index contributed by atoms with van der Waals surface area (Å²) in [7, 11) is 0. The Bertz CT molecular complexity index is 625. The number of nitrogens with zero attached hydrogens (tertiary/aromatic N) is 3. The van der Waals surface area contributed by atoms with Crippen LogP contribution >= 0.6 is 0 Å². The minimum atomic E-state index is 0.749. The molecule has 3 aromatic rings. The van der Waals surface area contributed by atoms with Crippen LogP contribution < -0.4 is 5.73 Å². The fourth-order valence-corrected chi connectivity index (χ4v) is 1.69. The summed E-state index contributed by atoms with van der Waals surface area (Å²) < 4.78 is 1.99. The van der Waals surface area contributed by atoms with Gasteiger partial charge in [-0.3, -0.25) is 4.57 Å². The SMILES string of the molecule is Nc1ccc(-n2cnc3ncccc32)cc1. The summed E-state index contributed by atoms with van der Waals surface area (Å²) in [4.78, 5) is 8.43. The quantitative estimate of drug-likeness (QED) is 0.625. The molecule has 2 aromatic heterocycles. The van der Waals surface area contributed by atoms with Gasteiger partial charge in [0, 0.05) is 17.6 Å². The molecule has 0 amide bonds. The molecule has 0 unspecified atom stereocenters. The maximum Gasteiger partial charge on any atom is 0.177 e. The molecular formula is C12H10N4. The average molecular weight is 210 g/mol. The maximum atomic E-state index is 5.66. The third-order valence-corrected chi connectivity index (χ3v) is 2.49. The van der Waals surface area contributed by atoms with E-state index in [1.54, 1.807) is 12.5 Å². The summed E-state index contributed by atoms with van der Waals surface area (Å²) >= 11 is 0. The van der Waals surface area contributed by atoms with Crippen molar-refractivity contribution in [3.05, 3.63) is 48.9 Å². The lowest BCUT2D eigenvalue weighted by Crippen LogP contribution is -1.92. The highest BCUT2D eigenvalue weighted by atomic mass is 15.1. The molecule has 0 spiro atoms. The van der Waals surface area contributed by atoms with Gasteiger partial charge in [0.25, 0.3) is 0 Å². The predicted molar refractivity (Wildman–Crippen MR) is 63.3 cm³/mol. The van der Waals surface area contributed by atoms with Gasteiger partial charge in [-0.05, 0) is 36.4 Å². The fraction of sp³-hybridized carbons (Fsp3) is 0. The van der Waals surface area contributed by atoms with Crippen LogP contribution in [0.25, 0.3) is 16.9 Å². The number of anilines is 1. The Morgan fingerprint density at radius 2 is 1.81 bits per heavy atom. The van der Waals surface area contributed by atoms with E-state index in [9.17, 15) is 0 Å². The predicted octanol–water partition coefficient (Wildman–Crippen LogP) is 2.00. The van der Waals surface area contributed by atoms with Crippen molar-refractivity contribution in [2.24, 2.45) is 0 Å². The van der Waals surface area contributed by atoms with Crippen molar-refractivity contribution in [3.63, 3.8) is 0 Å². The van der Waals surface area contributed by atoms with E-state index in [4.69, 9.17) is 5.73 Å². The van der Waals surface area contributed by atoms with Crippen LogP contribution in [-0.2, 0) is 0 Å². The summed E-state index contributed by atoms with van der Waals surface area (Å²) in [5, 5.41) is 0. The third-order valence-electron chi connectivity index (χ3n) is 2.49. The van der Waals surface area contributed by atoms with Gasteiger partial charge < -0.3 is 5.73 Å². The van der Waals surface area contributed by atoms with E-state index in [0.29, 0.717) is 0 Å². The second kappa shape index (κ2) is 3.34. The van der Waals surface area contributed by atoms with Crippen molar-refractivity contribution in [3.8, 4) is 5.69 Å². The fourth-order valence-electron chi connectivity index (χ4n) is 1.69. The number of pyridine rings is 1. The molecule has 0 saturated carbocycles. The van der Waals surface area contributed by atoms with Crippen molar-refractivity contribution in [2.75, 3.05) is 5.73 Å². The van der Waals surface area contributed by atoms with Gasteiger partial charge in [0.15, 0.2) is 5.65 Å². The lowest BCUT2D eigenvalue weighted by atomic mass is 10.3. The lowest BCUT2D eigenvalue weighted by molar-refractivity contribution is 1.09. The number of fused-ring (bicyclic) bond motifs is 1. The first kappa shape index (κ1) is 8.91. The minimum absolute atomic E-state index is 0.749. The summed E-state index contributed by atoms with van der Waals surface area (Å²) in [6.45, 7) is 0. The average Bonchev–Trinajstić information content (AvgIpc) is 2.74. The molecule has 78 valence electrons. The zero-order valence-corrected chi connectivity index (χ0v) is 8.54.